The molecule has 0 saturated carbocycles. The molecule has 2 aromatic carbocycles. The summed E-state index contributed by atoms with van der Waals surface area (Å²) in [7, 11) is 0. The molecule has 2 N–H and O–H groups in total. The smallest absolute Gasteiger partial charge is 0.137 e. The van der Waals surface area contributed by atoms with Crippen molar-refractivity contribution in [3.05, 3.63) is 58.3 Å². The topological polar surface area (TPSA) is 26.0 Å². The summed E-state index contributed by atoms with van der Waals surface area (Å²) >= 11 is 4.88. The fraction of sp³-hybridized carbons (Fsp3) is 0.200. The van der Waals surface area contributed by atoms with E-state index in [2.05, 4.69) is 15.9 Å². The van der Waals surface area contributed by atoms with Gasteiger partial charge in [-0.25, -0.2) is 4.39 Å². The van der Waals surface area contributed by atoms with E-state index in [4.69, 9.17) is 5.73 Å². The Labute approximate surface area is 125 Å². The zero-order valence-electron chi connectivity index (χ0n) is 10.6. The normalized spacial score (nSPS) is 12.4. The summed E-state index contributed by atoms with van der Waals surface area (Å²) in [6.45, 7) is 1.92. The second-order valence-electron chi connectivity index (χ2n) is 4.48. The molecule has 1 unspecified atom stereocenters. The quantitative estimate of drug-likeness (QED) is 0.878. The Morgan fingerprint density at radius 1 is 1.21 bits per heavy atom. The Hall–Kier alpha value is -0.840. The minimum atomic E-state index is -0.195. The molecule has 0 aliphatic rings. The van der Waals surface area contributed by atoms with Crippen LogP contribution in [-0.4, -0.2) is 6.04 Å². The van der Waals surface area contributed by atoms with E-state index >= 15 is 0 Å². The first kappa shape index (κ1) is 14.6. The lowest BCUT2D eigenvalue weighted by Crippen LogP contribution is -2.17. The van der Waals surface area contributed by atoms with Crippen LogP contribution in [0, 0.1) is 5.82 Å². The molecule has 0 saturated heterocycles. The Balaban J connectivity index is 2.20. The molecule has 0 aromatic heterocycles. The van der Waals surface area contributed by atoms with Crippen LogP contribution in [0.25, 0.3) is 0 Å². The minimum Gasteiger partial charge on any atom is -0.328 e. The third-order valence-corrected chi connectivity index (χ3v) is 4.69. The summed E-state index contributed by atoms with van der Waals surface area (Å²) in [6, 6.07) is 13.2. The van der Waals surface area contributed by atoms with E-state index in [1.165, 1.54) is 11.8 Å². The second-order valence-corrected chi connectivity index (χ2v) is 6.42. The molecular weight excluding hydrogens is 325 g/mol. The molecular formula is C15H15BrFNS. The van der Waals surface area contributed by atoms with Crippen LogP contribution < -0.4 is 5.73 Å². The van der Waals surface area contributed by atoms with Crippen molar-refractivity contribution in [3.8, 4) is 0 Å². The molecule has 0 bridgehead atoms. The van der Waals surface area contributed by atoms with E-state index < -0.39 is 0 Å². The van der Waals surface area contributed by atoms with Gasteiger partial charge in [0.15, 0.2) is 0 Å². The molecule has 1 nitrogen and oxygen atoms in total. The third-order valence-electron chi connectivity index (χ3n) is 2.61. The van der Waals surface area contributed by atoms with Gasteiger partial charge in [0.2, 0.25) is 0 Å². The van der Waals surface area contributed by atoms with E-state index in [1.54, 1.807) is 6.07 Å². The first-order valence-electron chi connectivity index (χ1n) is 6.02. The number of benzene rings is 2. The van der Waals surface area contributed by atoms with Crippen molar-refractivity contribution in [3.63, 3.8) is 0 Å². The lowest BCUT2D eigenvalue weighted by atomic mass is 10.1. The fourth-order valence-electron chi connectivity index (χ4n) is 1.77. The van der Waals surface area contributed by atoms with E-state index in [1.807, 2.05) is 43.3 Å². The average molecular weight is 340 g/mol. The van der Waals surface area contributed by atoms with Gasteiger partial charge in [-0.2, -0.15) is 0 Å². The van der Waals surface area contributed by atoms with Crippen molar-refractivity contribution in [2.45, 2.75) is 29.2 Å². The lowest BCUT2D eigenvalue weighted by Gasteiger charge is -2.09. The molecule has 0 radical (unpaired) electrons. The molecule has 19 heavy (non-hydrogen) atoms. The molecule has 1 atom stereocenters. The van der Waals surface area contributed by atoms with Crippen molar-refractivity contribution in [1.82, 2.24) is 0 Å². The monoisotopic (exact) mass is 339 g/mol. The van der Waals surface area contributed by atoms with Crippen molar-refractivity contribution < 1.29 is 4.39 Å². The van der Waals surface area contributed by atoms with E-state index in [9.17, 15) is 4.39 Å². The molecule has 100 valence electrons. The van der Waals surface area contributed by atoms with Crippen LogP contribution in [0.2, 0.25) is 0 Å². The fourth-order valence-corrected chi connectivity index (χ4v) is 3.14. The van der Waals surface area contributed by atoms with Crippen molar-refractivity contribution in [2.75, 3.05) is 0 Å². The molecule has 0 heterocycles. The zero-order valence-corrected chi connectivity index (χ0v) is 13.0. The van der Waals surface area contributed by atoms with Gasteiger partial charge in [0.05, 0.1) is 0 Å². The molecule has 0 aliphatic heterocycles. The summed E-state index contributed by atoms with van der Waals surface area (Å²) in [4.78, 5) is 1.63. The van der Waals surface area contributed by atoms with Crippen LogP contribution in [0.15, 0.2) is 56.7 Å². The highest BCUT2D eigenvalue weighted by Gasteiger charge is 2.08. The summed E-state index contributed by atoms with van der Waals surface area (Å²) in [5.74, 6) is -0.195. The third kappa shape index (κ3) is 4.06. The number of halogens is 2. The van der Waals surface area contributed by atoms with Gasteiger partial charge in [0.25, 0.3) is 0 Å². The number of nitrogens with two attached hydrogens (primary N) is 1. The SMILES string of the molecule is CC(N)Cc1ccc(Sc2ccccc2Br)c(F)c1. The van der Waals surface area contributed by atoms with Crippen molar-refractivity contribution in [1.29, 1.82) is 0 Å². The average Bonchev–Trinajstić information content (AvgIpc) is 2.34. The van der Waals surface area contributed by atoms with Crippen LogP contribution in [0.1, 0.15) is 12.5 Å². The minimum absolute atomic E-state index is 0.0428. The Morgan fingerprint density at radius 3 is 2.58 bits per heavy atom. The predicted octanol–water partition coefficient (Wildman–Crippen LogP) is 4.63. The van der Waals surface area contributed by atoms with Crippen LogP contribution in [0.4, 0.5) is 4.39 Å². The van der Waals surface area contributed by atoms with Gasteiger partial charge in [-0.15, -0.1) is 0 Å². The Bertz CT molecular complexity index is 572. The van der Waals surface area contributed by atoms with Gasteiger partial charge >= 0.3 is 0 Å². The zero-order chi connectivity index (χ0) is 13.8. The lowest BCUT2D eigenvalue weighted by molar-refractivity contribution is 0.597. The molecule has 0 aliphatic carbocycles. The highest BCUT2D eigenvalue weighted by molar-refractivity contribution is 9.10. The molecule has 0 amide bonds. The molecule has 4 heteroatoms. The summed E-state index contributed by atoms with van der Waals surface area (Å²) in [6.07, 6.45) is 0.691. The van der Waals surface area contributed by atoms with Gasteiger partial charge < -0.3 is 5.73 Å². The first-order valence-corrected chi connectivity index (χ1v) is 7.63. The molecule has 2 rings (SSSR count). The Kier molecular flexibility index (Phi) is 5.02. The molecule has 0 fully saturated rings. The summed E-state index contributed by atoms with van der Waals surface area (Å²) in [5.41, 5.74) is 6.66. The van der Waals surface area contributed by atoms with Crippen molar-refractivity contribution >= 4 is 27.7 Å². The van der Waals surface area contributed by atoms with Gasteiger partial charge in [0.1, 0.15) is 5.82 Å². The number of rotatable bonds is 4. The number of hydrogen-bond acceptors (Lipinski definition) is 2. The predicted molar refractivity (Wildman–Crippen MR) is 82.0 cm³/mol. The molecule has 0 spiro atoms. The maximum absolute atomic E-state index is 14.0. The Morgan fingerprint density at radius 2 is 1.95 bits per heavy atom. The number of hydrogen-bond donors (Lipinski definition) is 1. The van der Waals surface area contributed by atoms with Gasteiger partial charge in [-0.05, 0) is 59.1 Å². The van der Waals surface area contributed by atoms with Crippen molar-refractivity contribution in [2.24, 2.45) is 5.73 Å². The van der Waals surface area contributed by atoms with Gasteiger partial charge in [-0.1, -0.05) is 30.0 Å². The van der Waals surface area contributed by atoms with E-state index in [-0.39, 0.29) is 11.9 Å². The van der Waals surface area contributed by atoms with Crippen LogP contribution in [0.5, 0.6) is 0 Å². The van der Waals surface area contributed by atoms with E-state index in [0.29, 0.717) is 11.3 Å². The van der Waals surface area contributed by atoms with Crippen LogP contribution in [0.3, 0.4) is 0 Å². The standard InChI is InChI=1S/C15H15BrFNS/c1-10(18)8-11-6-7-15(13(17)9-11)19-14-5-3-2-4-12(14)16/h2-7,9-10H,8,18H2,1H3. The largest absolute Gasteiger partial charge is 0.328 e. The van der Waals surface area contributed by atoms with Gasteiger partial charge in [-0.3, -0.25) is 0 Å². The highest BCUT2D eigenvalue weighted by atomic mass is 79.9. The first-order chi connectivity index (χ1) is 9.06. The summed E-state index contributed by atoms with van der Waals surface area (Å²) < 4.78 is 15.0. The second kappa shape index (κ2) is 6.55. The van der Waals surface area contributed by atoms with Gasteiger partial charge in [0, 0.05) is 20.3 Å². The molecule has 2 aromatic rings. The highest BCUT2D eigenvalue weighted by Crippen LogP contribution is 2.34. The van der Waals surface area contributed by atoms with Crippen LogP contribution >= 0.6 is 27.7 Å². The maximum Gasteiger partial charge on any atom is 0.137 e. The van der Waals surface area contributed by atoms with Crippen LogP contribution in [-0.2, 0) is 6.42 Å². The van der Waals surface area contributed by atoms with E-state index in [0.717, 1.165) is 14.9 Å². The maximum atomic E-state index is 14.0. The summed E-state index contributed by atoms with van der Waals surface area (Å²) in [5, 5.41) is 0.